The van der Waals surface area contributed by atoms with Crippen LogP contribution in [0.15, 0.2) is 24.7 Å². The maximum atomic E-state index is 11.1. The molecule has 0 saturated carbocycles. The monoisotopic (exact) mass is 320 g/mol. The second-order valence-electron chi connectivity index (χ2n) is 5.38. The van der Waals surface area contributed by atoms with Crippen molar-refractivity contribution in [3.05, 3.63) is 41.2 Å². The first kappa shape index (κ1) is 14.9. The quantitative estimate of drug-likeness (QED) is 0.916. The van der Waals surface area contributed by atoms with Crippen molar-refractivity contribution >= 4 is 17.5 Å². The summed E-state index contributed by atoms with van der Waals surface area (Å²) in [5, 5.41) is 4.84. The van der Waals surface area contributed by atoms with Crippen molar-refractivity contribution in [2.75, 3.05) is 13.1 Å². The molecule has 0 aliphatic carbocycles. The molecule has 1 fully saturated rings. The molecule has 0 bridgehead atoms. The van der Waals surface area contributed by atoms with Crippen LogP contribution in [-0.4, -0.2) is 43.6 Å². The Morgan fingerprint density at radius 1 is 1.45 bits per heavy atom. The summed E-state index contributed by atoms with van der Waals surface area (Å²) in [6, 6.07) is 3.85. The first-order valence-electron chi connectivity index (χ1n) is 7.16. The van der Waals surface area contributed by atoms with E-state index in [2.05, 4.69) is 20.0 Å². The molecule has 116 valence electrons. The number of halogens is 1. The Morgan fingerprint density at radius 3 is 3.05 bits per heavy atom. The fraction of sp³-hybridized carbons (Fsp3) is 0.429. The fourth-order valence-corrected chi connectivity index (χ4v) is 2.88. The van der Waals surface area contributed by atoms with Gasteiger partial charge in [-0.2, -0.15) is 0 Å². The molecule has 3 rings (SSSR count). The third-order valence-corrected chi connectivity index (χ3v) is 4.14. The molecule has 22 heavy (non-hydrogen) atoms. The maximum Gasteiger partial charge on any atom is 0.288 e. The van der Waals surface area contributed by atoms with Gasteiger partial charge in [0.25, 0.3) is 5.91 Å². The molecule has 8 heteroatoms. The molecule has 1 saturated heterocycles. The van der Waals surface area contributed by atoms with E-state index in [0.717, 1.165) is 31.6 Å². The lowest BCUT2D eigenvalue weighted by Crippen LogP contribution is -2.36. The third-order valence-electron chi connectivity index (χ3n) is 3.79. The molecular formula is C14H17ClN6O. The minimum Gasteiger partial charge on any atom is -0.363 e. The highest BCUT2D eigenvalue weighted by molar-refractivity contribution is 6.31. The molecule has 0 radical (unpaired) electrons. The normalized spacial score (nSPS) is 19.2. The van der Waals surface area contributed by atoms with Crippen LogP contribution in [0.2, 0.25) is 5.02 Å². The van der Waals surface area contributed by atoms with Crippen LogP contribution in [0, 0.1) is 0 Å². The van der Waals surface area contributed by atoms with E-state index >= 15 is 0 Å². The second kappa shape index (κ2) is 6.41. The summed E-state index contributed by atoms with van der Waals surface area (Å²) in [6.45, 7) is 2.50. The molecule has 2 N–H and O–H groups in total. The van der Waals surface area contributed by atoms with E-state index in [4.69, 9.17) is 17.3 Å². The second-order valence-corrected chi connectivity index (χ2v) is 5.78. The van der Waals surface area contributed by atoms with E-state index in [-0.39, 0.29) is 11.9 Å². The Hall–Kier alpha value is -1.99. The molecule has 3 heterocycles. The van der Waals surface area contributed by atoms with Crippen molar-refractivity contribution < 1.29 is 4.79 Å². The van der Waals surface area contributed by atoms with Gasteiger partial charge in [0.2, 0.25) is 5.82 Å². The minimum absolute atomic E-state index is 0.0601. The van der Waals surface area contributed by atoms with Crippen molar-refractivity contribution in [1.82, 2.24) is 24.6 Å². The number of primary amides is 1. The molecule has 2 aromatic rings. The molecular weight excluding hydrogens is 304 g/mol. The number of hydrogen-bond acceptors (Lipinski definition) is 5. The van der Waals surface area contributed by atoms with Gasteiger partial charge >= 0.3 is 0 Å². The van der Waals surface area contributed by atoms with E-state index in [1.807, 2.05) is 12.1 Å². The van der Waals surface area contributed by atoms with E-state index in [0.29, 0.717) is 11.6 Å². The van der Waals surface area contributed by atoms with Gasteiger partial charge in [-0.05, 0) is 31.5 Å². The zero-order valence-electron chi connectivity index (χ0n) is 12.0. The summed E-state index contributed by atoms with van der Waals surface area (Å²) in [5.74, 6) is -0.545. The van der Waals surface area contributed by atoms with Crippen LogP contribution in [0.3, 0.4) is 0 Å². The predicted octanol–water partition coefficient (Wildman–Crippen LogP) is 1.26. The summed E-state index contributed by atoms with van der Waals surface area (Å²) in [7, 11) is 0. The number of nitrogens with zero attached hydrogens (tertiary/aromatic N) is 5. The molecule has 0 aromatic carbocycles. The Balaban J connectivity index is 1.68. The van der Waals surface area contributed by atoms with Gasteiger partial charge in [0.15, 0.2) is 0 Å². The van der Waals surface area contributed by atoms with E-state index in [1.165, 1.54) is 0 Å². The Bertz CT molecular complexity index is 673. The number of nitrogens with two attached hydrogens (primary N) is 1. The first-order chi connectivity index (χ1) is 10.6. The van der Waals surface area contributed by atoms with Crippen LogP contribution in [0.25, 0.3) is 0 Å². The smallest absolute Gasteiger partial charge is 0.288 e. The van der Waals surface area contributed by atoms with Gasteiger partial charge in [-0.25, -0.2) is 9.67 Å². The Kier molecular flexibility index (Phi) is 4.35. The number of carbonyl (C=O) groups excluding carboxylic acids is 1. The third kappa shape index (κ3) is 3.26. The van der Waals surface area contributed by atoms with Crippen molar-refractivity contribution in [2.24, 2.45) is 5.73 Å². The topological polar surface area (TPSA) is 89.9 Å². The van der Waals surface area contributed by atoms with Crippen LogP contribution in [0.4, 0.5) is 0 Å². The van der Waals surface area contributed by atoms with E-state index in [1.54, 1.807) is 17.2 Å². The van der Waals surface area contributed by atoms with Gasteiger partial charge in [0, 0.05) is 19.3 Å². The molecule has 2 aromatic heterocycles. The highest BCUT2D eigenvalue weighted by Crippen LogP contribution is 2.23. The zero-order chi connectivity index (χ0) is 15.5. The number of rotatable bonds is 4. The first-order valence-corrected chi connectivity index (χ1v) is 7.54. The zero-order valence-corrected chi connectivity index (χ0v) is 12.8. The molecule has 1 aliphatic heterocycles. The van der Waals surface area contributed by atoms with Gasteiger partial charge < -0.3 is 5.73 Å². The SMILES string of the molecule is NC(=O)c1ncn([C@H]2CCCN(Cc3ncccc3Cl)C2)n1. The van der Waals surface area contributed by atoms with Gasteiger partial charge in [0.1, 0.15) is 6.33 Å². The Morgan fingerprint density at radius 2 is 2.32 bits per heavy atom. The predicted molar refractivity (Wildman–Crippen MR) is 81.3 cm³/mol. The highest BCUT2D eigenvalue weighted by atomic mass is 35.5. The van der Waals surface area contributed by atoms with Crippen molar-refractivity contribution in [3.63, 3.8) is 0 Å². The summed E-state index contributed by atoms with van der Waals surface area (Å²) in [4.78, 5) is 21.6. The highest BCUT2D eigenvalue weighted by Gasteiger charge is 2.23. The average Bonchev–Trinajstić information content (AvgIpc) is 3.00. The number of piperidine rings is 1. The lowest BCUT2D eigenvalue weighted by Gasteiger charge is -2.32. The van der Waals surface area contributed by atoms with Crippen LogP contribution in [0.5, 0.6) is 0 Å². The number of amides is 1. The summed E-state index contributed by atoms with van der Waals surface area (Å²) in [6.07, 6.45) is 5.36. The van der Waals surface area contributed by atoms with Crippen molar-refractivity contribution in [1.29, 1.82) is 0 Å². The molecule has 1 atom stereocenters. The van der Waals surface area contributed by atoms with E-state index in [9.17, 15) is 4.79 Å². The summed E-state index contributed by atoms with van der Waals surface area (Å²) in [5.41, 5.74) is 6.07. The number of likely N-dealkylation sites (tertiary alicyclic amines) is 1. The minimum atomic E-state index is -0.605. The van der Waals surface area contributed by atoms with Gasteiger partial charge in [0.05, 0.1) is 16.8 Å². The largest absolute Gasteiger partial charge is 0.363 e. The van der Waals surface area contributed by atoms with Gasteiger partial charge in [-0.15, -0.1) is 5.10 Å². The molecule has 0 spiro atoms. The van der Waals surface area contributed by atoms with Crippen LogP contribution in [-0.2, 0) is 6.54 Å². The number of hydrogen-bond donors (Lipinski definition) is 1. The summed E-state index contributed by atoms with van der Waals surface area (Å²) < 4.78 is 1.73. The number of pyridine rings is 1. The Labute approximate surface area is 133 Å². The average molecular weight is 321 g/mol. The maximum absolute atomic E-state index is 11.1. The number of aromatic nitrogens is 4. The van der Waals surface area contributed by atoms with Crippen molar-refractivity contribution in [3.8, 4) is 0 Å². The lowest BCUT2D eigenvalue weighted by molar-refractivity contribution is 0.0989. The van der Waals surface area contributed by atoms with Crippen LogP contribution < -0.4 is 5.73 Å². The molecule has 1 aliphatic rings. The summed E-state index contributed by atoms with van der Waals surface area (Å²) >= 11 is 6.17. The van der Waals surface area contributed by atoms with Crippen LogP contribution in [0.1, 0.15) is 35.2 Å². The van der Waals surface area contributed by atoms with Crippen molar-refractivity contribution in [2.45, 2.75) is 25.4 Å². The molecule has 0 unspecified atom stereocenters. The lowest BCUT2D eigenvalue weighted by atomic mass is 10.1. The molecule has 7 nitrogen and oxygen atoms in total. The fourth-order valence-electron chi connectivity index (χ4n) is 2.70. The number of carbonyl (C=O) groups is 1. The molecule has 1 amide bonds. The standard InChI is InChI=1S/C14H17ClN6O/c15-11-4-1-5-17-12(11)8-20-6-2-3-10(7-20)21-9-18-14(19-21)13(16)22/h1,4-5,9-10H,2-3,6-8H2,(H2,16,22)/t10-/m0/s1. The van der Waals surface area contributed by atoms with Crippen LogP contribution >= 0.6 is 11.6 Å². The van der Waals surface area contributed by atoms with Gasteiger partial charge in [-0.3, -0.25) is 14.7 Å². The van der Waals surface area contributed by atoms with E-state index < -0.39 is 5.91 Å². The van der Waals surface area contributed by atoms with Gasteiger partial charge in [-0.1, -0.05) is 11.6 Å².